The third-order valence-corrected chi connectivity index (χ3v) is 6.32. The van der Waals surface area contributed by atoms with E-state index in [1.54, 1.807) is 25.3 Å². The van der Waals surface area contributed by atoms with Crippen LogP contribution in [0.25, 0.3) is 0 Å². The van der Waals surface area contributed by atoms with Gasteiger partial charge in [0.15, 0.2) is 0 Å². The number of carbonyl (C=O) groups is 1. The smallest absolute Gasteiger partial charge is 0.338 e. The van der Waals surface area contributed by atoms with Crippen molar-refractivity contribution in [2.24, 2.45) is 21.5 Å². The van der Waals surface area contributed by atoms with Crippen molar-refractivity contribution >= 4 is 35.3 Å². The standard InChI is InChI=1S/C22H26N6O2S/c1-2-30-19(29)15-9-12-25-18(13-15)31-17-8-6-7-16(14-17)28-21(24)26-20(23)27-22(28)10-4-3-5-11-22/h6-9,12-14H,2-5,10-11H2,1H3,(H4,23,24,26,27). The van der Waals surface area contributed by atoms with Gasteiger partial charge in [0, 0.05) is 16.8 Å². The molecule has 0 amide bonds. The van der Waals surface area contributed by atoms with Gasteiger partial charge in [0.1, 0.15) is 10.7 Å². The van der Waals surface area contributed by atoms with Gasteiger partial charge in [0.05, 0.1) is 12.2 Å². The number of pyridine rings is 1. The molecule has 8 nitrogen and oxygen atoms in total. The Labute approximate surface area is 185 Å². The summed E-state index contributed by atoms with van der Waals surface area (Å²) in [5.41, 5.74) is 13.2. The number of hydrogen-bond donors (Lipinski definition) is 2. The highest BCUT2D eigenvalue weighted by Crippen LogP contribution is 2.40. The van der Waals surface area contributed by atoms with Gasteiger partial charge >= 0.3 is 5.97 Å². The number of carbonyl (C=O) groups excluding carboxylic acids is 1. The summed E-state index contributed by atoms with van der Waals surface area (Å²) >= 11 is 1.47. The first-order valence-electron chi connectivity index (χ1n) is 10.4. The predicted octanol–water partition coefficient (Wildman–Crippen LogP) is 3.52. The van der Waals surface area contributed by atoms with Gasteiger partial charge in [-0.1, -0.05) is 24.2 Å². The molecule has 0 atom stereocenters. The molecule has 1 aliphatic heterocycles. The minimum atomic E-state index is -0.487. The van der Waals surface area contributed by atoms with Gasteiger partial charge in [-0.3, -0.25) is 4.90 Å². The average molecular weight is 439 g/mol. The van der Waals surface area contributed by atoms with E-state index in [-0.39, 0.29) is 11.9 Å². The van der Waals surface area contributed by atoms with Crippen LogP contribution in [0, 0.1) is 0 Å². The normalized spacial score (nSPS) is 17.8. The molecule has 1 fully saturated rings. The number of aromatic nitrogens is 1. The average Bonchev–Trinajstić information content (AvgIpc) is 2.74. The van der Waals surface area contributed by atoms with Crippen LogP contribution in [0.15, 0.2) is 62.5 Å². The summed E-state index contributed by atoms with van der Waals surface area (Å²) in [7, 11) is 0. The van der Waals surface area contributed by atoms with Crippen molar-refractivity contribution in [2.45, 2.75) is 54.6 Å². The van der Waals surface area contributed by atoms with Crippen LogP contribution in [-0.4, -0.2) is 35.1 Å². The van der Waals surface area contributed by atoms with Gasteiger partial charge in [0.25, 0.3) is 0 Å². The molecule has 31 heavy (non-hydrogen) atoms. The highest BCUT2D eigenvalue weighted by Gasteiger charge is 2.42. The number of guanidine groups is 2. The van der Waals surface area contributed by atoms with Crippen LogP contribution in [0.4, 0.5) is 5.69 Å². The largest absolute Gasteiger partial charge is 0.462 e. The zero-order valence-corrected chi connectivity index (χ0v) is 18.3. The van der Waals surface area contributed by atoms with Gasteiger partial charge in [0.2, 0.25) is 11.9 Å². The Kier molecular flexibility index (Phi) is 6.13. The molecule has 2 aromatic rings. The lowest BCUT2D eigenvalue weighted by atomic mass is 9.87. The summed E-state index contributed by atoms with van der Waals surface area (Å²) in [6.07, 6.45) is 6.69. The third-order valence-electron chi connectivity index (χ3n) is 5.40. The van der Waals surface area contributed by atoms with E-state index in [4.69, 9.17) is 21.2 Å². The molecule has 2 aliphatic rings. The molecule has 1 aromatic carbocycles. The van der Waals surface area contributed by atoms with Crippen LogP contribution in [0.5, 0.6) is 0 Å². The second-order valence-electron chi connectivity index (χ2n) is 7.52. The molecule has 1 aliphatic carbocycles. The molecule has 4 N–H and O–H groups in total. The van der Waals surface area contributed by atoms with Crippen molar-refractivity contribution in [3.8, 4) is 0 Å². The quantitative estimate of drug-likeness (QED) is 0.685. The van der Waals surface area contributed by atoms with Gasteiger partial charge < -0.3 is 16.2 Å². The molecule has 4 rings (SSSR count). The molecule has 0 radical (unpaired) electrons. The fourth-order valence-corrected chi connectivity index (χ4v) is 4.98. The molecule has 1 spiro atoms. The Balaban J connectivity index is 1.62. The van der Waals surface area contributed by atoms with E-state index in [2.05, 4.69) is 9.98 Å². The summed E-state index contributed by atoms with van der Waals surface area (Å²) in [4.78, 5) is 28.3. The lowest BCUT2D eigenvalue weighted by Crippen LogP contribution is -2.58. The third kappa shape index (κ3) is 4.51. The van der Waals surface area contributed by atoms with E-state index < -0.39 is 5.66 Å². The van der Waals surface area contributed by atoms with Gasteiger partial charge in [-0.05, 0) is 62.9 Å². The van der Waals surface area contributed by atoms with Crippen molar-refractivity contribution < 1.29 is 9.53 Å². The maximum atomic E-state index is 12.0. The van der Waals surface area contributed by atoms with Crippen molar-refractivity contribution in [1.82, 2.24) is 4.98 Å². The molecule has 1 saturated carbocycles. The van der Waals surface area contributed by atoms with E-state index in [0.717, 1.165) is 36.3 Å². The molecule has 162 valence electrons. The number of hydrogen-bond acceptors (Lipinski definition) is 9. The van der Waals surface area contributed by atoms with E-state index in [1.165, 1.54) is 18.2 Å². The molecular formula is C22H26N6O2S. The van der Waals surface area contributed by atoms with Crippen molar-refractivity contribution in [2.75, 3.05) is 11.5 Å². The Bertz CT molecular complexity index is 1030. The maximum Gasteiger partial charge on any atom is 0.338 e. The minimum absolute atomic E-state index is 0.237. The summed E-state index contributed by atoms with van der Waals surface area (Å²) in [6.45, 7) is 2.12. The number of aliphatic imine (C=N–C) groups is 2. The number of esters is 1. The van der Waals surface area contributed by atoms with E-state index in [0.29, 0.717) is 23.2 Å². The molecular weight excluding hydrogens is 412 g/mol. The van der Waals surface area contributed by atoms with Crippen LogP contribution >= 0.6 is 11.8 Å². The number of ether oxygens (including phenoxy) is 1. The molecule has 1 aromatic heterocycles. The number of rotatable bonds is 5. The Morgan fingerprint density at radius 3 is 2.77 bits per heavy atom. The van der Waals surface area contributed by atoms with Crippen LogP contribution < -0.4 is 16.4 Å². The molecule has 0 saturated heterocycles. The Hall–Kier alpha value is -3.07. The molecule has 2 heterocycles. The summed E-state index contributed by atoms with van der Waals surface area (Å²) < 4.78 is 5.08. The summed E-state index contributed by atoms with van der Waals surface area (Å²) in [6, 6.07) is 11.4. The number of nitrogens with two attached hydrogens (primary N) is 2. The summed E-state index contributed by atoms with van der Waals surface area (Å²) in [5, 5.41) is 0.706. The van der Waals surface area contributed by atoms with Gasteiger partial charge in [-0.15, -0.1) is 0 Å². The zero-order valence-electron chi connectivity index (χ0n) is 17.5. The monoisotopic (exact) mass is 438 g/mol. The molecule has 0 unspecified atom stereocenters. The van der Waals surface area contributed by atoms with Crippen LogP contribution in [0.2, 0.25) is 0 Å². The SMILES string of the molecule is CCOC(=O)c1ccnc(Sc2cccc(N3C(N)=NC(N)=NC34CCCCC4)c2)c1. The predicted molar refractivity (Wildman–Crippen MR) is 122 cm³/mol. The first-order valence-corrected chi connectivity index (χ1v) is 11.2. The van der Waals surface area contributed by atoms with Crippen LogP contribution in [0.1, 0.15) is 49.4 Å². The first-order chi connectivity index (χ1) is 15.0. The first kappa shape index (κ1) is 21.2. The second kappa shape index (κ2) is 8.97. The fraction of sp³-hybridized carbons (Fsp3) is 0.364. The van der Waals surface area contributed by atoms with E-state index in [1.807, 2.05) is 29.2 Å². The minimum Gasteiger partial charge on any atom is -0.462 e. The van der Waals surface area contributed by atoms with Gasteiger partial charge in [-0.2, -0.15) is 4.99 Å². The number of anilines is 1. The van der Waals surface area contributed by atoms with Crippen LogP contribution in [0.3, 0.4) is 0 Å². The number of nitrogens with zero attached hydrogens (tertiary/aromatic N) is 4. The second-order valence-corrected chi connectivity index (χ2v) is 8.61. The topological polar surface area (TPSA) is 119 Å². The van der Waals surface area contributed by atoms with Crippen molar-refractivity contribution in [3.63, 3.8) is 0 Å². The van der Waals surface area contributed by atoms with Crippen LogP contribution in [-0.2, 0) is 4.74 Å². The van der Waals surface area contributed by atoms with Crippen molar-refractivity contribution in [1.29, 1.82) is 0 Å². The summed E-state index contributed by atoms with van der Waals surface area (Å²) in [5.74, 6) is 0.243. The maximum absolute atomic E-state index is 12.0. The lowest BCUT2D eigenvalue weighted by Gasteiger charge is -2.45. The highest BCUT2D eigenvalue weighted by molar-refractivity contribution is 7.99. The van der Waals surface area contributed by atoms with E-state index in [9.17, 15) is 4.79 Å². The highest BCUT2D eigenvalue weighted by atomic mass is 32.2. The Morgan fingerprint density at radius 1 is 1.19 bits per heavy atom. The van der Waals surface area contributed by atoms with E-state index >= 15 is 0 Å². The van der Waals surface area contributed by atoms with Gasteiger partial charge in [-0.25, -0.2) is 14.8 Å². The zero-order chi connectivity index (χ0) is 21.8. The lowest BCUT2D eigenvalue weighted by molar-refractivity contribution is 0.0526. The Morgan fingerprint density at radius 2 is 2.00 bits per heavy atom. The molecule has 9 heteroatoms. The fourth-order valence-electron chi connectivity index (χ4n) is 4.11. The molecule has 0 bridgehead atoms. The van der Waals surface area contributed by atoms with Crippen molar-refractivity contribution in [3.05, 3.63) is 48.2 Å². The number of benzene rings is 1.